The van der Waals surface area contributed by atoms with Gasteiger partial charge in [0.15, 0.2) is 0 Å². The maximum absolute atomic E-state index is 11.6. The van der Waals surface area contributed by atoms with Crippen molar-refractivity contribution in [1.82, 2.24) is 15.0 Å². The summed E-state index contributed by atoms with van der Waals surface area (Å²) in [7, 11) is -3.44. The van der Waals surface area contributed by atoms with Crippen molar-refractivity contribution in [2.45, 2.75) is 0 Å². The molecule has 0 radical (unpaired) electrons. The van der Waals surface area contributed by atoms with Crippen LogP contribution < -0.4 is 14.8 Å². The van der Waals surface area contributed by atoms with Crippen LogP contribution in [-0.4, -0.2) is 29.6 Å². The monoisotopic (exact) mass is 508 g/mol. The van der Waals surface area contributed by atoms with Crippen LogP contribution in [0, 0.1) is 11.3 Å². The van der Waals surface area contributed by atoms with E-state index in [0.717, 1.165) is 22.9 Å². The molecule has 2 aromatic carbocycles. The Morgan fingerprint density at radius 3 is 2.32 bits per heavy atom. The van der Waals surface area contributed by atoms with Crippen molar-refractivity contribution in [2.24, 2.45) is 0 Å². The first kappa shape index (κ1) is 23.7. The second-order valence-electron chi connectivity index (χ2n) is 8.16. The molecular formula is C27H20N6O3S. The van der Waals surface area contributed by atoms with Gasteiger partial charge in [-0.05, 0) is 60.2 Å². The van der Waals surface area contributed by atoms with Gasteiger partial charge >= 0.3 is 0 Å². The third-order valence-electron chi connectivity index (χ3n) is 5.37. The van der Waals surface area contributed by atoms with Crippen LogP contribution in [0.4, 0.5) is 17.1 Å². The Labute approximate surface area is 213 Å². The van der Waals surface area contributed by atoms with Crippen molar-refractivity contribution in [3.8, 4) is 28.7 Å². The van der Waals surface area contributed by atoms with Crippen LogP contribution in [0.5, 0.6) is 11.5 Å². The van der Waals surface area contributed by atoms with Crippen LogP contribution in [0.1, 0.15) is 5.56 Å². The Hall–Kier alpha value is -5.01. The van der Waals surface area contributed by atoms with E-state index in [4.69, 9.17) is 4.74 Å². The minimum atomic E-state index is -3.44. The molecule has 5 aromatic rings. The number of nitrogens with zero attached hydrogens (tertiary/aromatic N) is 4. The third-order valence-corrected chi connectivity index (χ3v) is 5.98. The van der Waals surface area contributed by atoms with Gasteiger partial charge in [-0.15, -0.1) is 0 Å². The number of hydrogen-bond donors (Lipinski definition) is 2. The number of nitriles is 1. The van der Waals surface area contributed by atoms with Gasteiger partial charge in [0.05, 0.1) is 34.9 Å². The summed E-state index contributed by atoms with van der Waals surface area (Å²) in [4.78, 5) is 12.6. The minimum absolute atomic E-state index is 0.358. The van der Waals surface area contributed by atoms with E-state index < -0.39 is 10.0 Å². The van der Waals surface area contributed by atoms with Crippen molar-refractivity contribution < 1.29 is 13.2 Å². The molecule has 3 heterocycles. The SMILES string of the molecule is CS(=O)(=O)Nc1cncc(-c2ccc3ncc(C#N)c(Nc4ccc(Oc5ccncc5)cc4)c3c2)c1. The Kier molecular flexibility index (Phi) is 6.36. The van der Waals surface area contributed by atoms with Crippen molar-refractivity contribution in [3.05, 3.63) is 97.2 Å². The molecule has 0 atom stereocenters. The van der Waals surface area contributed by atoms with E-state index in [1.807, 2.05) is 42.5 Å². The molecule has 0 saturated heterocycles. The standard InChI is InChI=1S/C27H20N6O3S/c1-37(34,35)33-22-12-19(15-30-17-22)18-2-7-26-25(13-18)27(20(14-28)16-31-26)32-21-3-5-23(6-4-21)36-24-8-10-29-11-9-24/h2-13,15-17,33H,1H3,(H,31,32). The first-order chi connectivity index (χ1) is 17.9. The van der Waals surface area contributed by atoms with Crippen LogP contribution in [0.3, 0.4) is 0 Å². The highest BCUT2D eigenvalue weighted by molar-refractivity contribution is 7.92. The van der Waals surface area contributed by atoms with Crippen molar-refractivity contribution in [2.75, 3.05) is 16.3 Å². The molecule has 5 rings (SSSR count). The second kappa shape index (κ2) is 9.93. The lowest BCUT2D eigenvalue weighted by Crippen LogP contribution is -2.09. The zero-order chi connectivity index (χ0) is 25.8. The van der Waals surface area contributed by atoms with Crippen LogP contribution in [0.25, 0.3) is 22.0 Å². The average molecular weight is 509 g/mol. The maximum Gasteiger partial charge on any atom is 0.229 e. The van der Waals surface area contributed by atoms with E-state index in [1.54, 1.807) is 36.8 Å². The number of rotatable bonds is 7. The molecule has 0 saturated carbocycles. The van der Waals surface area contributed by atoms with Gasteiger partial charge in [0.2, 0.25) is 10.0 Å². The Morgan fingerprint density at radius 1 is 0.838 bits per heavy atom. The summed E-state index contributed by atoms with van der Waals surface area (Å²) in [6.45, 7) is 0. The molecule has 0 unspecified atom stereocenters. The zero-order valence-electron chi connectivity index (χ0n) is 19.6. The quantitative estimate of drug-likeness (QED) is 0.296. The Bertz CT molecular complexity index is 1730. The minimum Gasteiger partial charge on any atom is -0.457 e. The van der Waals surface area contributed by atoms with Crippen molar-refractivity contribution in [3.63, 3.8) is 0 Å². The lowest BCUT2D eigenvalue weighted by atomic mass is 10.0. The molecule has 0 fully saturated rings. The summed E-state index contributed by atoms with van der Waals surface area (Å²) in [6.07, 6.45) is 9.02. The average Bonchev–Trinajstić information content (AvgIpc) is 2.89. The molecule has 182 valence electrons. The van der Waals surface area contributed by atoms with Crippen LogP contribution in [0.15, 0.2) is 91.6 Å². The topological polar surface area (TPSA) is 130 Å². The lowest BCUT2D eigenvalue weighted by Gasteiger charge is -2.14. The number of ether oxygens (including phenoxy) is 1. The predicted octanol–water partition coefficient (Wildman–Crippen LogP) is 5.47. The Balaban J connectivity index is 1.49. The smallest absolute Gasteiger partial charge is 0.229 e. The van der Waals surface area contributed by atoms with Gasteiger partial charge in [-0.25, -0.2) is 8.42 Å². The highest BCUT2D eigenvalue weighted by Crippen LogP contribution is 2.33. The molecule has 2 N–H and O–H groups in total. The predicted molar refractivity (Wildman–Crippen MR) is 142 cm³/mol. The van der Waals surface area contributed by atoms with Gasteiger partial charge in [-0.2, -0.15) is 5.26 Å². The van der Waals surface area contributed by atoms with E-state index in [2.05, 4.69) is 31.1 Å². The number of aromatic nitrogens is 3. The molecule has 9 nitrogen and oxygen atoms in total. The number of pyridine rings is 3. The summed E-state index contributed by atoms with van der Waals surface area (Å²) in [6, 6.07) is 20.4. The van der Waals surface area contributed by atoms with E-state index in [9.17, 15) is 13.7 Å². The summed E-state index contributed by atoms with van der Waals surface area (Å²) >= 11 is 0. The van der Waals surface area contributed by atoms with Crippen LogP contribution in [0.2, 0.25) is 0 Å². The number of anilines is 3. The molecule has 0 bridgehead atoms. The summed E-state index contributed by atoms with van der Waals surface area (Å²) in [5.74, 6) is 1.34. The van der Waals surface area contributed by atoms with Crippen LogP contribution >= 0.6 is 0 Å². The van der Waals surface area contributed by atoms with E-state index in [1.165, 1.54) is 12.4 Å². The fraction of sp³-hybridized carbons (Fsp3) is 0.0370. The molecule has 0 aliphatic carbocycles. The first-order valence-corrected chi connectivity index (χ1v) is 13.0. The molecule has 0 spiro atoms. The van der Waals surface area contributed by atoms with Gasteiger partial charge in [-0.1, -0.05) is 6.07 Å². The summed E-state index contributed by atoms with van der Waals surface area (Å²) < 4.78 is 31.5. The van der Waals surface area contributed by atoms with Crippen molar-refractivity contribution in [1.29, 1.82) is 5.26 Å². The van der Waals surface area contributed by atoms with Gasteiger partial charge in [0.25, 0.3) is 0 Å². The number of nitrogens with one attached hydrogen (secondary N) is 2. The van der Waals surface area contributed by atoms with Gasteiger partial charge in [0, 0.05) is 41.4 Å². The van der Waals surface area contributed by atoms with Gasteiger partial charge in [-0.3, -0.25) is 19.7 Å². The molecule has 37 heavy (non-hydrogen) atoms. The second-order valence-corrected chi connectivity index (χ2v) is 9.91. The number of benzene rings is 2. The fourth-order valence-corrected chi connectivity index (χ4v) is 4.29. The highest BCUT2D eigenvalue weighted by atomic mass is 32.2. The van der Waals surface area contributed by atoms with Crippen molar-refractivity contribution >= 4 is 38.0 Å². The summed E-state index contributed by atoms with van der Waals surface area (Å²) in [5.41, 5.74) is 4.30. The normalized spacial score (nSPS) is 11.0. The zero-order valence-corrected chi connectivity index (χ0v) is 20.4. The third kappa shape index (κ3) is 5.63. The molecule has 3 aromatic heterocycles. The number of hydrogen-bond acceptors (Lipinski definition) is 8. The van der Waals surface area contributed by atoms with E-state index >= 15 is 0 Å². The summed E-state index contributed by atoms with van der Waals surface area (Å²) in [5, 5.41) is 13.8. The fourth-order valence-electron chi connectivity index (χ4n) is 3.75. The van der Waals surface area contributed by atoms with E-state index in [-0.39, 0.29) is 0 Å². The highest BCUT2D eigenvalue weighted by Gasteiger charge is 2.12. The maximum atomic E-state index is 11.6. The number of sulfonamides is 1. The van der Waals surface area contributed by atoms with E-state index in [0.29, 0.717) is 39.5 Å². The molecule has 0 aliphatic rings. The largest absolute Gasteiger partial charge is 0.457 e. The number of fused-ring (bicyclic) bond motifs is 1. The van der Waals surface area contributed by atoms with Gasteiger partial charge < -0.3 is 10.1 Å². The molecule has 10 heteroatoms. The molecule has 0 aliphatic heterocycles. The lowest BCUT2D eigenvalue weighted by molar-refractivity contribution is 0.482. The Morgan fingerprint density at radius 2 is 1.59 bits per heavy atom. The molecular weight excluding hydrogens is 488 g/mol. The molecule has 0 amide bonds. The first-order valence-electron chi connectivity index (χ1n) is 11.1. The van der Waals surface area contributed by atoms with Gasteiger partial charge in [0.1, 0.15) is 17.6 Å². The van der Waals surface area contributed by atoms with Crippen LogP contribution in [-0.2, 0) is 10.0 Å².